The van der Waals surface area contributed by atoms with Gasteiger partial charge < -0.3 is 11.1 Å². The van der Waals surface area contributed by atoms with Gasteiger partial charge in [0, 0.05) is 11.8 Å². The highest BCUT2D eigenvalue weighted by molar-refractivity contribution is 5.77. The van der Waals surface area contributed by atoms with Crippen LogP contribution in [-0.2, 0) is 6.18 Å². The van der Waals surface area contributed by atoms with Gasteiger partial charge in [0.1, 0.15) is 11.6 Å². The molecule has 0 atom stereocenters. The maximum absolute atomic E-state index is 13.7. The Balaban J connectivity index is 1.72. The monoisotopic (exact) mass is 403 g/mol. The number of imidazole rings is 1. The highest BCUT2D eigenvalue weighted by Gasteiger charge is 2.30. The number of rotatable bonds is 3. The summed E-state index contributed by atoms with van der Waals surface area (Å²) in [7, 11) is 0. The Bertz CT molecular complexity index is 1200. The number of fused-ring (bicyclic) bond motifs is 1. The molecule has 7 nitrogen and oxygen atoms in total. The SMILES string of the molecule is Cc1nc2ccc(F)cc2n1-c1nc(N)nc(Nc2ccc(C(F)(F)F)cc2)n1. The number of hydrogen-bond donors (Lipinski definition) is 2. The first kappa shape index (κ1) is 18.6. The van der Waals surface area contributed by atoms with E-state index in [9.17, 15) is 17.6 Å². The standard InChI is InChI=1S/C18H13F4N7/c1-9-24-13-7-4-11(19)8-14(13)29(9)17-27-15(23)26-16(28-17)25-12-5-2-10(3-6-12)18(20,21)22/h2-8H,1H3,(H3,23,25,26,27,28). The number of nitrogen functional groups attached to an aromatic ring is 1. The molecule has 0 saturated carbocycles. The number of halogens is 4. The van der Waals surface area contributed by atoms with E-state index in [1.54, 1.807) is 6.92 Å². The van der Waals surface area contributed by atoms with Crippen molar-refractivity contribution in [1.29, 1.82) is 0 Å². The molecule has 2 aromatic carbocycles. The van der Waals surface area contributed by atoms with Gasteiger partial charge in [-0.2, -0.15) is 28.1 Å². The van der Waals surface area contributed by atoms with Crippen molar-refractivity contribution in [1.82, 2.24) is 24.5 Å². The first-order valence-electron chi connectivity index (χ1n) is 8.31. The summed E-state index contributed by atoms with van der Waals surface area (Å²) in [5, 5.41) is 2.79. The number of hydrogen-bond acceptors (Lipinski definition) is 6. The lowest BCUT2D eigenvalue weighted by molar-refractivity contribution is -0.137. The zero-order valence-corrected chi connectivity index (χ0v) is 14.9. The molecule has 0 fully saturated rings. The summed E-state index contributed by atoms with van der Waals surface area (Å²) in [6, 6.07) is 8.47. The van der Waals surface area contributed by atoms with Crippen LogP contribution in [0.5, 0.6) is 0 Å². The topological polar surface area (TPSA) is 94.5 Å². The molecule has 2 heterocycles. The second-order valence-electron chi connectivity index (χ2n) is 6.14. The number of benzene rings is 2. The molecule has 0 radical (unpaired) electrons. The Morgan fingerprint density at radius 3 is 2.38 bits per heavy atom. The fraction of sp³-hybridized carbons (Fsp3) is 0.111. The van der Waals surface area contributed by atoms with Gasteiger partial charge in [-0.25, -0.2) is 9.37 Å². The van der Waals surface area contributed by atoms with Crippen LogP contribution < -0.4 is 11.1 Å². The van der Waals surface area contributed by atoms with Gasteiger partial charge in [0.05, 0.1) is 16.6 Å². The molecule has 3 N–H and O–H groups in total. The maximum Gasteiger partial charge on any atom is 0.416 e. The van der Waals surface area contributed by atoms with E-state index in [0.717, 1.165) is 12.1 Å². The van der Waals surface area contributed by atoms with Crippen molar-refractivity contribution in [3.63, 3.8) is 0 Å². The van der Waals surface area contributed by atoms with E-state index < -0.39 is 17.6 Å². The van der Waals surface area contributed by atoms with E-state index in [4.69, 9.17) is 5.73 Å². The van der Waals surface area contributed by atoms with Gasteiger partial charge in [0.2, 0.25) is 17.8 Å². The molecular weight excluding hydrogens is 390 g/mol. The van der Waals surface area contributed by atoms with Crippen molar-refractivity contribution in [2.24, 2.45) is 0 Å². The van der Waals surface area contributed by atoms with Gasteiger partial charge in [-0.05, 0) is 43.3 Å². The first-order chi connectivity index (χ1) is 13.7. The van der Waals surface area contributed by atoms with Gasteiger partial charge in [-0.1, -0.05) is 0 Å². The minimum absolute atomic E-state index is 0.0184. The second kappa shape index (κ2) is 6.69. The summed E-state index contributed by atoms with van der Waals surface area (Å²) in [6.07, 6.45) is -4.43. The zero-order chi connectivity index (χ0) is 20.8. The lowest BCUT2D eigenvalue weighted by Crippen LogP contribution is -2.10. The average Bonchev–Trinajstić information content (AvgIpc) is 2.96. The van der Waals surface area contributed by atoms with Crippen LogP contribution in [0.2, 0.25) is 0 Å². The Hall–Kier alpha value is -3.76. The van der Waals surface area contributed by atoms with Crippen LogP contribution in [0, 0.1) is 12.7 Å². The highest BCUT2D eigenvalue weighted by Crippen LogP contribution is 2.30. The van der Waals surface area contributed by atoms with E-state index in [1.165, 1.54) is 34.9 Å². The molecule has 0 aliphatic carbocycles. The van der Waals surface area contributed by atoms with Crippen molar-refractivity contribution in [2.45, 2.75) is 13.1 Å². The van der Waals surface area contributed by atoms with Crippen molar-refractivity contribution < 1.29 is 17.6 Å². The van der Waals surface area contributed by atoms with Gasteiger partial charge >= 0.3 is 6.18 Å². The van der Waals surface area contributed by atoms with E-state index in [0.29, 0.717) is 22.5 Å². The number of nitrogens with two attached hydrogens (primary N) is 1. The van der Waals surface area contributed by atoms with Crippen LogP contribution in [0.1, 0.15) is 11.4 Å². The number of nitrogens with zero attached hydrogens (tertiary/aromatic N) is 5. The molecule has 11 heteroatoms. The Morgan fingerprint density at radius 1 is 0.966 bits per heavy atom. The Morgan fingerprint density at radius 2 is 1.69 bits per heavy atom. The molecule has 2 aromatic heterocycles. The number of nitrogens with one attached hydrogen (secondary N) is 1. The van der Waals surface area contributed by atoms with E-state index in [-0.39, 0.29) is 17.8 Å². The Labute approximate surface area is 161 Å². The summed E-state index contributed by atoms with van der Waals surface area (Å²) < 4.78 is 53.3. The van der Waals surface area contributed by atoms with Crippen LogP contribution in [0.3, 0.4) is 0 Å². The van der Waals surface area contributed by atoms with Crippen molar-refractivity contribution in [3.8, 4) is 5.95 Å². The molecule has 0 saturated heterocycles. The number of aromatic nitrogens is 5. The molecule has 0 amide bonds. The summed E-state index contributed by atoms with van der Waals surface area (Å²) in [5.74, 6) is 0.0324. The molecule has 0 aliphatic rings. The second-order valence-corrected chi connectivity index (χ2v) is 6.14. The highest BCUT2D eigenvalue weighted by atomic mass is 19.4. The average molecular weight is 403 g/mol. The van der Waals surface area contributed by atoms with Crippen LogP contribution in [0.15, 0.2) is 42.5 Å². The maximum atomic E-state index is 13.7. The summed E-state index contributed by atoms with van der Waals surface area (Å²) in [4.78, 5) is 16.6. The molecule has 0 unspecified atom stereocenters. The molecule has 0 bridgehead atoms. The summed E-state index contributed by atoms with van der Waals surface area (Å²) in [5.41, 5.74) is 6.30. The van der Waals surface area contributed by atoms with Gasteiger partial charge in [0.15, 0.2) is 0 Å². The summed E-state index contributed by atoms with van der Waals surface area (Å²) >= 11 is 0. The number of aryl methyl sites for hydroxylation is 1. The normalized spacial score (nSPS) is 11.8. The predicted molar refractivity (Wildman–Crippen MR) is 98.3 cm³/mol. The third kappa shape index (κ3) is 3.66. The molecule has 4 aromatic rings. The van der Waals surface area contributed by atoms with Crippen LogP contribution >= 0.6 is 0 Å². The smallest absolute Gasteiger partial charge is 0.368 e. The van der Waals surface area contributed by atoms with Gasteiger partial charge in [-0.15, -0.1) is 0 Å². The quantitative estimate of drug-likeness (QED) is 0.502. The van der Waals surface area contributed by atoms with Gasteiger partial charge in [0.25, 0.3) is 0 Å². The van der Waals surface area contributed by atoms with Crippen LogP contribution in [0.25, 0.3) is 17.0 Å². The molecule has 29 heavy (non-hydrogen) atoms. The molecule has 0 aliphatic heterocycles. The summed E-state index contributed by atoms with van der Waals surface area (Å²) in [6.45, 7) is 1.70. The van der Waals surface area contributed by atoms with Crippen LogP contribution in [-0.4, -0.2) is 24.5 Å². The minimum atomic E-state index is -4.43. The fourth-order valence-corrected chi connectivity index (χ4v) is 2.83. The largest absolute Gasteiger partial charge is 0.416 e. The minimum Gasteiger partial charge on any atom is -0.368 e. The number of alkyl halides is 3. The zero-order valence-electron chi connectivity index (χ0n) is 14.9. The van der Waals surface area contributed by atoms with E-state index >= 15 is 0 Å². The molecular formula is C18H13F4N7. The van der Waals surface area contributed by atoms with Crippen molar-refractivity contribution in [2.75, 3.05) is 11.1 Å². The van der Waals surface area contributed by atoms with Crippen molar-refractivity contribution >= 4 is 28.6 Å². The first-order valence-corrected chi connectivity index (χ1v) is 8.31. The van der Waals surface area contributed by atoms with Gasteiger partial charge in [-0.3, -0.25) is 4.57 Å². The number of anilines is 3. The Kier molecular flexibility index (Phi) is 4.29. The lowest BCUT2D eigenvalue weighted by Gasteiger charge is -2.10. The third-order valence-corrected chi connectivity index (χ3v) is 4.09. The fourth-order valence-electron chi connectivity index (χ4n) is 2.83. The third-order valence-electron chi connectivity index (χ3n) is 4.09. The molecule has 148 valence electrons. The molecule has 0 spiro atoms. The lowest BCUT2D eigenvalue weighted by atomic mass is 10.2. The van der Waals surface area contributed by atoms with E-state index in [2.05, 4.69) is 25.3 Å². The van der Waals surface area contributed by atoms with Crippen molar-refractivity contribution in [3.05, 3.63) is 59.7 Å². The van der Waals surface area contributed by atoms with Crippen LogP contribution in [0.4, 0.5) is 35.1 Å². The van der Waals surface area contributed by atoms with E-state index in [1.807, 2.05) is 0 Å². The molecule has 4 rings (SSSR count). The predicted octanol–water partition coefficient (Wildman–Crippen LogP) is 4.00.